The second-order valence-electron chi connectivity index (χ2n) is 5.45. The number of rotatable bonds is 5. The normalized spacial score (nSPS) is 17.5. The van der Waals surface area contributed by atoms with E-state index in [1.54, 1.807) is 24.1 Å². The van der Waals surface area contributed by atoms with E-state index in [-0.39, 0.29) is 11.8 Å². The molecule has 1 N–H and O–H groups in total. The van der Waals surface area contributed by atoms with Crippen molar-refractivity contribution in [2.24, 2.45) is 5.92 Å². The van der Waals surface area contributed by atoms with Gasteiger partial charge in [0.1, 0.15) is 0 Å². The molecule has 1 aromatic carbocycles. The van der Waals surface area contributed by atoms with E-state index < -0.39 is 5.97 Å². The fourth-order valence-corrected chi connectivity index (χ4v) is 2.67. The van der Waals surface area contributed by atoms with Crippen LogP contribution in [0.15, 0.2) is 36.4 Å². The van der Waals surface area contributed by atoms with Gasteiger partial charge >= 0.3 is 5.97 Å². The number of hydrogen-bond acceptors (Lipinski definition) is 2. The van der Waals surface area contributed by atoms with Gasteiger partial charge in [-0.25, -0.2) is 4.79 Å². The topological polar surface area (TPSA) is 57.6 Å². The van der Waals surface area contributed by atoms with Gasteiger partial charge in [0.15, 0.2) is 0 Å². The maximum atomic E-state index is 12.3. The molecule has 0 saturated carbocycles. The van der Waals surface area contributed by atoms with Crippen LogP contribution in [0.4, 0.5) is 0 Å². The van der Waals surface area contributed by atoms with Crippen molar-refractivity contribution in [2.45, 2.75) is 25.7 Å². The van der Waals surface area contributed by atoms with Crippen molar-refractivity contribution in [2.75, 3.05) is 13.6 Å². The Balaban J connectivity index is 1.95. The fraction of sp³-hybridized carbons (Fsp3) is 0.412. The van der Waals surface area contributed by atoms with Crippen LogP contribution >= 0.6 is 0 Å². The molecule has 1 atom stereocenters. The maximum absolute atomic E-state index is 12.3. The summed E-state index contributed by atoms with van der Waals surface area (Å²) in [6.45, 7) is 0.545. The zero-order valence-electron chi connectivity index (χ0n) is 12.3. The number of hydrogen-bond donors (Lipinski definition) is 1. The first kappa shape index (κ1) is 15.3. The zero-order valence-corrected chi connectivity index (χ0v) is 12.3. The number of carbonyl (C=O) groups excluding carboxylic acids is 1. The zero-order chi connectivity index (χ0) is 15.2. The molecule has 0 bridgehead atoms. The summed E-state index contributed by atoms with van der Waals surface area (Å²) in [6.07, 6.45) is 7.44. The number of likely N-dealkylation sites (N-methyl/N-ethyl adjacent to an activating group) is 1. The summed E-state index contributed by atoms with van der Waals surface area (Å²) in [6, 6.07) is 6.96. The third-order valence-corrected chi connectivity index (χ3v) is 3.96. The minimum absolute atomic E-state index is 0.0784. The predicted molar refractivity (Wildman–Crippen MR) is 81.2 cm³/mol. The SMILES string of the molecule is CN(CCc1ccccc1C(=O)O)C(=O)C1CC=CCC1. The van der Waals surface area contributed by atoms with Crippen LogP contribution in [-0.4, -0.2) is 35.5 Å². The first-order chi connectivity index (χ1) is 10.1. The van der Waals surface area contributed by atoms with Gasteiger partial charge in [0.2, 0.25) is 5.91 Å². The van der Waals surface area contributed by atoms with Gasteiger partial charge < -0.3 is 10.0 Å². The highest BCUT2D eigenvalue weighted by molar-refractivity contribution is 5.89. The minimum atomic E-state index is -0.919. The quantitative estimate of drug-likeness (QED) is 0.847. The number of carbonyl (C=O) groups is 2. The lowest BCUT2D eigenvalue weighted by atomic mass is 9.93. The molecule has 0 aliphatic heterocycles. The molecular formula is C17H21NO3. The molecule has 1 unspecified atom stereocenters. The van der Waals surface area contributed by atoms with Gasteiger partial charge in [-0.15, -0.1) is 0 Å². The summed E-state index contributed by atoms with van der Waals surface area (Å²) in [5, 5.41) is 9.16. The maximum Gasteiger partial charge on any atom is 0.335 e. The Morgan fingerprint density at radius 3 is 2.71 bits per heavy atom. The lowest BCUT2D eigenvalue weighted by Crippen LogP contribution is -2.35. The molecule has 1 aliphatic rings. The highest BCUT2D eigenvalue weighted by atomic mass is 16.4. The minimum Gasteiger partial charge on any atom is -0.478 e. The highest BCUT2D eigenvalue weighted by Crippen LogP contribution is 2.20. The lowest BCUT2D eigenvalue weighted by Gasteiger charge is -2.24. The Kier molecular flexibility index (Phi) is 5.14. The molecule has 21 heavy (non-hydrogen) atoms. The smallest absolute Gasteiger partial charge is 0.335 e. The molecule has 0 spiro atoms. The van der Waals surface area contributed by atoms with Crippen molar-refractivity contribution < 1.29 is 14.7 Å². The summed E-state index contributed by atoms with van der Waals surface area (Å²) in [4.78, 5) is 25.2. The second-order valence-corrected chi connectivity index (χ2v) is 5.45. The number of carboxylic acid groups (broad SMARTS) is 1. The number of nitrogens with zero attached hydrogens (tertiary/aromatic N) is 1. The second kappa shape index (κ2) is 7.07. The number of benzene rings is 1. The Hall–Kier alpha value is -2.10. The largest absolute Gasteiger partial charge is 0.478 e. The van der Waals surface area contributed by atoms with E-state index in [0.29, 0.717) is 18.5 Å². The van der Waals surface area contributed by atoms with Crippen molar-refractivity contribution in [3.63, 3.8) is 0 Å². The molecule has 112 valence electrons. The molecule has 0 heterocycles. The van der Waals surface area contributed by atoms with Gasteiger partial charge in [-0.3, -0.25) is 4.79 Å². The van der Waals surface area contributed by atoms with Crippen molar-refractivity contribution >= 4 is 11.9 Å². The highest BCUT2D eigenvalue weighted by Gasteiger charge is 2.22. The van der Waals surface area contributed by atoms with E-state index >= 15 is 0 Å². The van der Waals surface area contributed by atoms with Crippen LogP contribution in [0, 0.1) is 5.92 Å². The van der Waals surface area contributed by atoms with Gasteiger partial charge in [-0.1, -0.05) is 30.4 Å². The molecule has 1 amide bonds. The van der Waals surface area contributed by atoms with E-state index in [4.69, 9.17) is 5.11 Å². The molecule has 0 radical (unpaired) electrons. The van der Waals surface area contributed by atoms with Crippen LogP contribution in [0.3, 0.4) is 0 Å². The molecule has 1 aromatic rings. The third-order valence-electron chi connectivity index (χ3n) is 3.96. The molecular weight excluding hydrogens is 266 g/mol. The summed E-state index contributed by atoms with van der Waals surface area (Å²) < 4.78 is 0. The molecule has 4 nitrogen and oxygen atoms in total. The molecule has 1 aliphatic carbocycles. The Labute approximate surface area is 125 Å². The number of allylic oxidation sites excluding steroid dienone is 2. The number of carboxylic acids is 1. The van der Waals surface area contributed by atoms with Gasteiger partial charge in [0, 0.05) is 19.5 Å². The van der Waals surface area contributed by atoms with Crippen LogP contribution < -0.4 is 0 Å². The van der Waals surface area contributed by atoms with Crippen LogP contribution in [0.2, 0.25) is 0 Å². The van der Waals surface area contributed by atoms with Gasteiger partial charge in [-0.2, -0.15) is 0 Å². The Bertz CT molecular complexity index is 551. The van der Waals surface area contributed by atoms with Crippen molar-refractivity contribution in [3.8, 4) is 0 Å². The monoisotopic (exact) mass is 287 g/mol. The lowest BCUT2D eigenvalue weighted by molar-refractivity contribution is -0.134. The van der Waals surface area contributed by atoms with Gasteiger partial charge in [0.25, 0.3) is 0 Å². The molecule has 0 fully saturated rings. The Morgan fingerprint density at radius 1 is 1.29 bits per heavy atom. The average molecular weight is 287 g/mol. The fourth-order valence-electron chi connectivity index (χ4n) is 2.67. The molecule has 0 aromatic heterocycles. The van der Waals surface area contributed by atoms with E-state index in [9.17, 15) is 9.59 Å². The third kappa shape index (κ3) is 3.94. The van der Waals surface area contributed by atoms with Gasteiger partial charge in [-0.05, 0) is 37.3 Å². The van der Waals surface area contributed by atoms with Crippen molar-refractivity contribution in [3.05, 3.63) is 47.5 Å². The Morgan fingerprint density at radius 2 is 2.05 bits per heavy atom. The summed E-state index contributed by atoms with van der Waals surface area (Å²) in [5.74, 6) is -0.682. The van der Waals surface area contributed by atoms with Crippen LogP contribution in [0.25, 0.3) is 0 Å². The van der Waals surface area contributed by atoms with E-state index in [0.717, 1.165) is 24.8 Å². The predicted octanol–water partition coefficient (Wildman–Crippen LogP) is 2.74. The first-order valence-electron chi connectivity index (χ1n) is 7.30. The number of amides is 1. The summed E-state index contributed by atoms with van der Waals surface area (Å²) in [5.41, 5.74) is 1.09. The first-order valence-corrected chi connectivity index (χ1v) is 7.30. The molecule has 4 heteroatoms. The molecule has 0 saturated heterocycles. The van der Waals surface area contributed by atoms with E-state index in [1.165, 1.54) is 0 Å². The average Bonchev–Trinajstić information content (AvgIpc) is 2.52. The van der Waals surface area contributed by atoms with Crippen LogP contribution in [-0.2, 0) is 11.2 Å². The number of aromatic carboxylic acids is 1. The summed E-state index contributed by atoms with van der Waals surface area (Å²) >= 11 is 0. The van der Waals surface area contributed by atoms with Crippen molar-refractivity contribution in [1.82, 2.24) is 4.90 Å². The summed E-state index contributed by atoms with van der Waals surface area (Å²) in [7, 11) is 1.80. The van der Waals surface area contributed by atoms with E-state index in [2.05, 4.69) is 12.2 Å². The standard InChI is InChI=1S/C17H21NO3/c1-18(16(19)14-8-3-2-4-9-14)12-11-13-7-5-6-10-15(13)17(20)21/h2-3,5-7,10,14H,4,8-9,11-12H2,1H3,(H,20,21). The van der Waals surface area contributed by atoms with Crippen molar-refractivity contribution in [1.29, 1.82) is 0 Å². The van der Waals surface area contributed by atoms with E-state index in [1.807, 2.05) is 12.1 Å². The molecule has 2 rings (SSSR count). The van der Waals surface area contributed by atoms with Gasteiger partial charge in [0.05, 0.1) is 5.56 Å². The van der Waals surface area contributed by atoms with Crippen LogP contribution in [0.5, 0.6) is 0 Å². The van der Waals surface area contributed by atoms with Crippen LogP contribution in [0.1, 0.15) is 35.2 Å².